The molecule has 0 fully saturated rings. The normalized spacial score (nSPS) is 10.7. The molecule has 0 bridgehead atoms. The third-order valence-electron chi connectivity index (χ3n) is 3.31. The number of hydrogen-bond donors (Lipinski definition) is 1. The Balaban J connectivity index is 2.12. The van der Waals surface area contributed by atoms with Crippen LogP contribution in [0.2, 0.25) is 0 Å². The molecular formula is C16H14N4O. The molecule has 0 saturated heterocycles. The van der Waals surface area contributed by atoms with Gasteiger partial charge >= 0.3 is 0 Å². The number of rotatable bonds is 3. The maximum atomic E-state index is 11.8. The lowest BCUT2D eigenvalue weighted by molar-refractivity contribution is 0.0988. The summed E-state index contributed by atoms with van der Waals surface area (Å²) in [6.07, 6.45) is 1.90. The third-order valence-corrected chi connectivity index (χ3v) is 3.31. The van der Waals surface area contributed by atoms with Crippen LogP contribution in [0.15, 0.2) is 42.7 Å². The molecule has 0 unspecified atom stereocenters. The highest BCUT2D eigenvalue weighted by Crippen LogP contribution is 2.23. The Bertz CT molecular complexity index is 829. The van der Waals surface area contributed by atoms with Crippen molar-refractivity contribution in [3.8, 4) is 11.3 Å². The van der Waals surface area contributed by atoms with Crippen molar-refractivity contribution in [1.82, 2.24) is 15.0 Å². The van der Waals surface area contributed by atoms with Gasteiger partial charge in [0.15, 0.2) is 11.6 Å². The van der Waals surface area contributed by atoms with Crippen LogP contribution in [0.4, 0.5) is 5.82 Å². The molecule has 0 aliphatic heterocycles. The Morgan fingerprint density at radius 3 is 2.86 bits per heavy atom. The Kier molecular flexibility index (Phi) is 3.31. The molecule has 1 aromatic carbocycles. The van der Waals surface area contributed by atoms with Gasteiger partial charge in [-0.1, -0.05) is 25.1 Å². The topological polar surface area (TPSA) is 81.8 Å². The maximum Gasteiger partial charge on any atom is 0.162 e. The Morgan fingerprint density at radius 2 is 2.05 bits per heavy atom. The molecule has 21 heavy (non-hydrogen) atoms. The van der Waals surface area contributed by atoms with Crippen LogP contribution in [0, 0.1) is 0 Å². The number of Topliss-reactive ketones (excluding diaryl/α,β-unsaturated/α-hetero) is 1. The van der Waals surface area contributed by atoms with E-state index < -0.39 is 0 Å². The van der Waals surface area contributed by atoms with E-state index in [4.69, 9.17) is 5.73 Å². The Labute approximate surface area is 121 Å². The molecular weight excluding hydrogens is 264 g/mol. The second kappa shape index (κ2) is 5.28. The summed E-state index contributed by atoms with van der Waals surface area (Å²) >= 11 is 0. The van der Waals surface area contributed by atoms with Crippen molar-refractivity contribution >= 4 is 22.6 Å². The van der Waals surface area contributed by atoms with Crippen LogP contribution >= 0.6 is 0 Å². The van der Waals surface area contributed by atoms with E-state index in [1.807, 2.05) is 43.3 Å². The van der Waals surface area contributed by atoms with Gasteiger partial charge in [-0.05, 0) is 18.2 Å². The van der Waals surface area contributed by atoms with E-state index in [1.165, 1.54) is 6.33 Å². The van der Waals surface area contributed by atoms with Gasteiger partial charge in [0, 0.05) is 17.5 Å². The van der Waals surface area contributed by atoms with Crippen molar-refractivity contribution < 1.29 is 4.79 Å². The summed E-state index contributed by atoms with van der Waals surface area (Å²) in [6, 6.07) is 11.2. The van der Waals surface area contributed by atoms with Crippen molar-refractivity contribution in [3.63, 3.8) is 0 Å². The zero-order valence-corrected chi connectivity index (χ0v) is 11.6. The van der Waals surface area contributed by atoms with Gasteiger partial charge < -0.3 is 5.73 Å². The number of pyridine rings is 1. The predicted molar refractivity (Wildman–Crippen MR) is 81.8 cm³/mol. The van der Waals surface area contributed by atoms with Gasteiger partial charge in [-0.25, -0.2) is 15.0 Å². The fourth-order valence-electron chi connectivity index (χ4n) is 2.18. The number of carbonyl (C=O) groups is 1. The number of benzene rings is 1. The lowest BCUT2D eigenvalue weighted by Gasteiger charge is -2.06. The fourth-order valence-corrected chi connectivity index (χ4v) is 2.18. The number of nitrogens with zero attached hydrogens (tertiary/aromatic N) is 3. The molecule has 2 N–H and O–H groups in total. The zero-order valence-electron chi connectivity index (χ0n) is 11.6. The first-order chi connectivity index (χ1) is 10.2. The van der Waals surface area contributed by atoms with Crippen LogP contribution in [0.1, 0.15) is 23.7 Å². The van der Waals surface area contributed by atoms with Gasteiger partial charge in [-0.15, -0.1) is 0 Å². The summed E-state index contributed by atoms with van der Waals surface area (Å²) in [6.45, 7) is 1.85. The fraction of sp³-hybridized carbons (Fsp3) is 0.125. The van der Waals surface area contributed by atoms with E-state index in [-0.39, 0.29) is 5.78 Å². The molecule has 2 heterocycles. The van der Waals surface area contributed by atoms with Crippen molar-refractivity contribution in [2.24, 2.45) is 0 Å². The quantitative estimate of drug-likeness (QED) is 0.745. The molecule has 5 nitrogen and oxygen atoms in total. The van der Waals surface area contributed by atoms with E-state index in [2.05, 4.69) is 15.0 Å². The smallest absolute Gasteiger partial charge is 0.162 e. The summed E-state index contributed by atoms with van der Waals surface area (Å²) in [7, 11) is 0. The average Bonchev–Trinajstić information content (AvgIpc) is 2.54. The van der Waals surface area contributed by atoms with Crippen LogP contribution in [0.25, 0.3) is 22.3 Å². The predicted octanol–water partition coefficient (Wildman–Crippen LogP) is 2.87. The first kappa shape index (κ1) is 13.2. The van der Waals surface area contributed by atoms with Crippen molar-refractivity contribution in [1.29, 1.82) is 0 Å². The van der Waals surface area contributed by atoms with E-state index in [9.17, 15) is 4.79 Å². The van der Waals surface area contributed by atoms with Crippen LogP contribution in [0.3, 0.4) is 0 Å². The summed E-state index contributed by atoms with van der Waals surface area (Å²) < 4.78 is 0. The van der Waals surface area contributed by atoms with Crippen LogP contribution in [-0.4, -0.2) is 20.7 Å². The minimum absolute atomic E-state index is 0.112. The summed E-state index contributed by atoms with van der Waals surface area (Å²) in [5.74, 6) is 0.461. The second-order valence-corrected chi connectivity index (χ2v) is 4.68. The summed E-state index contributed by atoms with van der Waals surface area (Å²) in [5.41, 5.74) is 9.42. The SMILES string of the molecule is CCC(=O)c1cccc(-c2ccc3ncnc(N)c3n2)c1. The molecule has 0 saturated carbocycles. The molecule has 0 radical (unpaired) electrons. The van der Waals surface area contributed by atoms with Crippen molar-refractivity contribution in [2.75, 3.05) is 5.73 Å². The number of nitrogen functional groups attached to an aromatic ring is 1. The number of hydrogen-bond acceptors (Lipinski definition) is 5. The minimum atomic E-state index is 0.112. The molecule has 0 atom stereocenters. The van der Waals surface area contributed by atoms with Gasteiger partial charge in [-0.3, -0.25) is 4.79 Å². The monoisotopic (exact) mass is 278 g/mol. The Hall–Kier alpha value is -2.82. The lowest BCUT2D eigenvalue weighted by atomic mass is 10.0. The molecule has 2 aromatic heterocycles. The molecule has 0 spiro atoms. The van der Waals surface area contributed by atoms with E-state index >= 15 is 0 Å². The minimum Gasteiger partial charge on any atom is -0.382 e. The Morgan fingerprint density at radius 1 is 1.19 bits per heavy atom. The molecule has 3 rings (SSSR count). The number of aromatic nitrogens is 3. The highest BCUT2D eigenvalue weighted by molar-refractivity contribution is 5.97. The number of carbonyl (C=O) groups excluding carboxylic acids is 1. The highest BCUT2D eigenvalue weighted by Gasteiger charge is 2.08. The van der Waals surface area contributed by atoms with Gasteiger partial charge in [0.2, 0.25) is 0 Å². The number of nitrogens with two attached hydrogens (primary N) is 1. The summed E-state index contributed by atoms with van der Waals surface area (Å²) in [5, 5.41) is 0. The second-order valence-electron chi connectivity index (χ2n) is 4.68. The number of anilines is 1. The largest absolute Gasteiger partial charge is 0.382 e. The van der Waals surface area contributed by atoms with Gasteiger partial charge in [0.05, 0.1) is 11.2 Å². The van der Waals surface area contributed by atoms with Gasteiger partial charge in [0.1, 0.15) is 11.8 Å². The van der Waals surface area contributed by atoms with E-state index in [1.54, 1.807) is 0 Å². The van der Waals surface area contributed by atoms with Crippen LogP contribution in [0.5, 0.6) is 0 Å². The first-order valence-electron chi connectivity index (χ1n) is 6.70. The molecule has 3 aromatic rings. The average molecular weight is 278 g/mol. The lowest BCUT2D eigenvalue weighted by Crippen LogP contribution is -1.98. The zero-order chi connectivity index (χ0) is 14.8. The van der Waals surface area contributed by atoms with Crippen molar-refractivity contribution in [3.05, 3.63) is 48.3 Å². The summed E-state index contributed by atoms with van der Waals surface area (Å²) in [4.78, 5) is 24.4. The molecule has 104 valence electrons. The van der Waals surface area contributed by atoms with Crippen molar-refractivity contribution in [2.45, 2.75) is 13.3 Å². The molecule has 5 heteroatoms. The number of fused-ring (bicyclic) bond motifs is 1. The maximum absolute atomic E-state index is 11.8. The first-order valence-corrected chi connectivity index (χ1v) is 6.70. The van der Waals surface area contributed by atoms with Crippen LogP contribution in [-0.2, 0) is 0 Å². The standard InChI is InChI=1S/C16H14N4O/c1-2-14(21)11-5-3-4-10(8-11)12-6-7-13-15(20-12)16(17)19-9-18-13/h3-9H,2H2,1H3,(H2,17,18,19). The highest BCUT2D eigenvalue weighted by atomic mass is 16.1. The van der Waals surface area contributed by atoms with E-state index in [0.29, 0.717) is 28.8 Å². The van der Waals surface area contributed by atoms with Gasteiger partial charge in [0.25, 0.3) is 0 Å². The number of ketones is 1. The molecule has 0 amide bonds. The van der Waals surface area contributed by atoms with Crippen LogP contribution < -0.4 is 5.73 Å². The third kappa shape index (κ3) is 2.45. The van der Waals surface area contributed by atoms with Gasteiger partial charge in [-0.2, -0.15) is 0 Å². The molecule has 0 aliphatic carbocycles. The van der Waals surface area contributed by atoms with E-state index in [0.717, 1.165) is 11.3 Å². The molecule has 0 aliphatic rings.